The van der Waals surface area contributed by atoms with Gasteiger partial charge in [-0.25, -0.2) is 0 Å². The van der Waals surface area contributed by atoms with Crippen LogP contribution in [0.1, 0.15) is 33.1 Å². The van der Waals surface area contributed by atoms with E-state index >= 15 is 0 Å². The van der Waals surface area contributed by atoms with Gasteiger partial charge in [-0.3, -0.25) is 14.6 Å². The number of hydrogen-bond acceptors (Lipinski definition) is 6. The summed E-state index contributed by atoms with van der Waals surface area (Å²) in [6, 6.07) is 0. The van der Waals surface area contributed by atoms with E-state index < -0.39 is 6.10 Å². The summed E-state index contributed by atoms with van der Waals surface area (Å²) >= 11 is 0. The number of aliphatic hydroxyl groups is 2. The summed E-state index contributed by atoms with van der Waals surface area (Å²) in [6.45, 7) is 9.65. The number of esters is 1. The van der Waals surface area contributed by atoms with E-state index in [0.29, 0.717) is 19.0 Å². The number of piperazine rings is 1. The Hall–Kier alpha value is -0.950. The first-order valence-corrected chi connectivity index (χ1v) is 10.6. The SMILES string of the molecule is C[C@@H]1CCC=C2C[C@H]3OC(=O)C(CN4CCN(CCO)CC4)[C@H]3[C@H](O)[C@@]21C. The Morgan fingerprint density at radius 2 is 1.96 bits per heavy atom. The van der Waals surface area contributed by atoms with Crippen LogP contribution in [-0.4, -0.2) is 84.1 Å². The van der Waals surface area contributed by atoms with E-state index in [0.717, 1.165) is 45.4 Å². The number of fused-ring (bicyclic) bond motifs is 2. The lowest BCUT2D eigenvalue weighted by atomic mass is 9.55. The van der Waals surface area contributed by atoms with Gasteiger partial charge in [0.1, 0.15) is 6.10 Å². The predicted molar refractivity (Wildman–Crippen MR) is 102 cm³/mol. The van der Waals surface area contributed by atoms with Crippen LogP contribution in [0.15, 0.2) is 11.6 Å². The molecule has 6 heteroatoms. The average molecular weight is 379 g/mol. The van der Waals surface area contributed by atoms with Crippen LogP contribution in [-0.2, 0) is 9.53 Å². The molecule has 1 saturated carbocycles. The van der Waals surface area contributed by atoms with Crippen molar-refractivity contribution in [1.82, 2.24) is 9.80 Å². The van der Waals surface area contributed by atoms with E-state index in [2.05, 4.69) is 29.7 Å². The van der Waals surface area contributed by atoms with Gasteiger partial charge in [-0.1, -0.05) is 25.5 Å². The van der Waals surface area contributed by atoms with Crippen molar-refractivity contribution in [3.05, 3.63) is 11.6 Å². The number of hydrogen-bond donors (Lipinski definition) is 2. The summed E-state index contributed by atoms with van der Waals surface area (Å²) in [5.41, 5.74) is 1.06. The van der Waals surface area contributed by atoms with E-state index in [4.69, 9.17) is 9.84 Å². The first-order valence-electron chi connectivity index (χ1n) is 10.6. The molecule has 2 aliphatic heterocycles. The third-order valence-corrected chi connectivity index (χ3v) is 7.91. The number of rotatable bonds is 4. The van der Waals surface area contributed by atoms with Crippen LogP contribution in [0.5, 0.6) is 0 Å². The lowest BCUT2D eigenvalue weighted by Crippen LogP contribution is -2.55. The Morgan fingerprint density at radius 1 is 1.26 bits per heavy atom. The summed E-state index contributed by atoms with van der Waals surface area (Å²) in [6.07, 6.45) is 4.53. The molecule has 4 aliphatic rings. The predicted octanol–water partition coefficient (Wildman–Crippen LogP) is 0.881. The molecule has 2 heterocycles. The highest BCUT2D eigenvalue weighted by molar-refractivity contribution is 5.76. The molecule has 27 heavy (non-hydrogen) atoms. The highest BCUT2D eigenvalue weighted by atomic mass is 16.6. The van der Waals surface area contributed by atoms with Gasteiger partial charge < -0.3 is 14.9 Å². The van der Waals surface area contributed by atoms with Gasteiger partial charge in [-0.2, -0.15) is 0 Å². The van der Waals surface area contributed by atoms with Crippen molar-refractivity contribution in [1.29, 1.82) is 0 Å². The van der Waals surface area contributed by atoms with E-state index in [-0.39, 0.29) is 35.9 Å². The maximum absolute atomic E-state index is 12.7. The van der Waals surface area contributed by atoms with Crippen molar-refractivity contribution in [3.8, 4) is 0 Å². The molecule has 0 radical (unpaired) electrons. The topological polar surface area (TPSA) is 73.2 Å². The summed E-state index contributed by atoms with van der Waals surface area (Å²) in [5.74, 6) is -0.0401. The van der Waals surface area contributed by atoms with Crippen LogP contribution in [0.3, 0.4) is 0 Å². The maximum Gasteiger partial charge on any atom is 0.311 e. The number of allylic oxidation sites excluding steroid dienone is 1. The molecule has 0 spiro atoms. The molecule has 152 valence electrons. The standard InChI is InChI=1S/C21H34N2O4/c1-14-4-3-5-15-12-17-18(19(25)21(14,15)2)16(20(26)27-17)13-23-8-6-22(7-9-23)10-11-24/h5,14,16-19,24-25H,3-4,6-13H2,1-2H3/t14-,16?,17-,18-,19+,21-/m1/s1. The number of aliphatic hydroxyl groups excluding tert-OH is 2. The molecule has 6 atom stereocenters. The van der Waals surface area contributed by atoms with E-state index in [1.54, 1.807) is 0 Å². The molecule has 0 aromatic carbocycles. The second-order valence-corrected chi connectivity index (χ2v) is 9.16. The Kier molecular flexibility index (Phi) is 5.36. The van der Waals surface area contributed by atoms with Gasteiger partial charge in [0.2, 0.25) is 0 Å². The molecule has 2 aliphatic carbocycles. The second kappa shape index (κ2) is 7.47. The largest absolute Gasteiger partial charge is 0.461 e. The van der Waals surface area contributed by atoms with Crippen molar-refractivity contribution < 1.29 is 19.7 Å². The number of β-amino-alcohol motifs (C(OH)–C–C–N with tert-alkyl or cyclic N) is 1. The third-order valence-electron chi connectivity index (χ3n) is 7.91. The molecule has 4 rings (SSSR count). The van der Waals surface area contributed by atoms with Crippen molar-refractivity contribution in [2.45, 2.75) is 45.3 Å². The molecular formula is C21H34N2O4. The average Bonchev–Trinajstić information content (AvgIpc) is 2.95. The van der Waals surface area contributed by atoms with Gasteiger partial charge >= 0.3 is 5.97 Å². The van der Waals surface area contributed by atoms with Gasteiger partial charge in [-0.05, 0) is 18.8 Å². The normalized spacial score (nSPS) is 43.0. The summed E-state index contributed by atoms with van der Waals surface area (Å²) in [4.78, 5) is 17.3. The van der Waals surface area contributed by atoms with Crippen LogP contribution in [0.25, 0.3) is 0 Å². The fourth-order valence-corrected chi connectivity index (χ4v) is 5.89. The zero-order chi connectivity index (χ0) is 19.2. The highest BCUT2D eigenvalue weighted by Gasteiger charge is 2.59. The molecule has 6 nitrogen and oxygen atoms in total. The van der Waals surface area contributed by atoms with Crippen molar-refractivity contribution in [2.75, 3.05) is 45.9 Å². The van der Waals surface area contributed by atoms with Crippen LogP contribution < -0.4 is 0 Å². The molecule has 0 aromatic heterocycles. The van der Waals surface area contributed by atoms with Crippen LogP contribution in [0, 0.1) is 23.2 Å². The zero-order valence-corrected chi connectivity index (χ0v) is 16.6. The fraction of sp³-hybridized carbons (Fsp3) is 0.857. The summed E-state index contributed by atoms with van der Waals surface area (Å²) < 4.78 is 5.77. The molecule has 1 unspecified atom stereocenters. The monoisotopic (exact) mass is 378 g/mol. The number of carbonyl (C=O) groups excluding carboxylic acids is 1. The van der Waals surface area contributed by atoms with Crippen LogP contribution in [0.4, 0.5) is 0 Å². The number of ether oxygens (including phenoxy) is 1. The zero-order valence-electron chi connectivity index (χ0n) is 16.6. The van der Waals surface area contributed by atoms with Gasteiger partial charge in [0.05, 0.1) is 18.6 Å². The smallest absolute Gasteiger partial charge is 0.311 e. The molecule has 2 N–H and O–H groups in total. The summed E-state index contributed by atoms with van der Waals surface area (Å²) in [7, 11) is 0. The second-order valence-electron chi connectivity index (χ2n) is 9.16. The fourth-order valence-electron chi connectivity index (χ4n) is 5.89. The third kappa shape index (κ3) is 3.24. The molecule has 0 aromatic rings. The quantitative estimate of drug-likeness (QED) is 0.559. The minimum absolute atomic E-state index is 0.101. The van der Waals surface area contributed by atoms with Crippen LogP contribution in [0.2, 0.25) is 0 Å². The lowest BCUT2D eigenvalue weighted by molar-refractivity contribution is -0.145. The lowest BCUT2D eigenvalue weighted by Gasteiger charge is -2.52. The highest BCUT2D eigenvalue weighted by Crippen LogP contribution is 2.56. The number of nitrogens with zero attached hydrogens (tertiary/aromatic N) is 2. The van der Waals surface area contributed by atoms with Crippen molar-refractivity contribution in [3.63, 3.8) is 0 Å². The van der Waals surface area contributed by atoms with Crippen LogP contribution >= 0.6 is 0 Å². The molecule has 3 fully saturated rings. The molecule has 0 amide bonds. The first-order chi connectivity index (χ1) is 12.9. The number of carbonyl (C=O) groups is 1. The van der Waals surface area contributed by atoms with Gasteiger partial charge in [0.15, 0.2) is 0 Å². The molecule has 0 bridgehead atoms. The maximum atomic E-state index is 12.7. The first kappa shape index (κ1) is 19.4. The minimum atomic E-state index is -0.523. The van der Waals surface area contributed by atoms with Crippen molar-refractivity contribution >= 4 is 5.97 Å². The Bertz CT molecular complexity index is 601. The summed E-state index contributed by atoms with van der Waals surface area (Å²) in [5, 5.41) is 20.5. The molecule has 2 saturated heterocycles. The Morgan fingerprint density at radius 3 is 2.67 bits per heavy atom. The Labute approximate surface area is 162 Å². The molecular weight excluding hydrogens is 344 g/mol. The van der Waals surface area contributed by atoms with Gasteiger partial charge in [0.25, 0.3) is 0 Å². The van der Waals surface area contributed by atoms with Gasteiger partial charge in [0, 0.05) is 57.0 Å². The Balaban J connectivity index is 1.48. The minimum Gasteiger partial charge on any atom is -0.461 e. The van der Waals surface area contributed by atoms with Crippen molar-refractivity contribution in [2.24, 2.45) is 23.2 Å². The van der Waals surface area contributed by atoms with E-state index in [1.807, 2.05) is 0 Å². The van der Waals surface area contributed by atoms with E-state index in [1.165, 1.54) is 5.57 Å². The van der Waals surface area contributed by atoms with Gasteiger partial charge in [-0.15, -0.1) is 0 Å². The van der Waals surface area contributed by atoms with E-state index in [9.17, 15) is 9.90 Å².